The standard InChI is InChI=1S/C3H7O.ClH.Mg/c1-3-4-2;;/h1,3H2,2H3;1H;/q-1;;+2/p-1. The van der Waals surface area contributed by atoms with E-state index < -0.39 is 0 Å². The molecule has 0 spiro atoms. The van der Waals surface area contributed by atoms with Crippen LogP contribution in [-0.2, 0) is 4.74 Å². The maximum Gasteiger partial charge on any atom is 2.00 e. The van der Waals surface area contributed by atoms with Crippen LogP contribution in [0.4, 0.5) is 0 Å². The van der Waals surface area contributed by atoms with Crippen molar-refractivity contribution in [2.24, 2.45) is 0 Å². The second-order valence-corrected chi connectivity index (χ2v) is 0.493. The predicted octanol–water partition coefficient (Wildman–Crippen LogP) is -2.91. The maximum atomic E-state index is 4.43. The van der Waals surface area contributed by atoms with Crippen LogP contribution < -0.4 is 12.4 Å². The molecule has 0 unspecified atom stereocenters. The summed E-state index contributed by atoms with van der Waals surface area (Å²) in [5.41, 5.74) is 0. The third kappa shape index (κ3) is 19.9. The summed E-state index contributed by atoms with van der Waals surface area (Å²) >= 11 is 0. The SMILES string of the molecule is [CH2-]COC.[Cl-].[Mg+2]. The van der Waals surface area contributed by atoms with Crippen molar-refractivity contribution in [3.8, 4) is 0 Å². The molecule has 34 valence electrons. The fourth-order valence-corrected chi connectivity index (χ4v) is 0. The Morgan fingerprint density at radius 1 is 1.67 bits per heavy atom. The largest absolute Gasteiger partial charge is 2.00 e. The van der Waals surface area contributed by atoms with Crippen molar-refractivity contribution in [2.75, 3.05) is 13.7 Å². The van der Waals surface area contributed by atoms with Crippen molar-refractivity contribution in [3.05, 3.63) is 6.92 Å². The van der Waals surface area contributed by atoms with Crippen LogP contribution in [0.3, 0.4) is 0 Å². The van der Waals surface area contributed by atoms with Gasteiger partial charge in [0.05, 0.1) is 0 Å². The fourth-order valence-electron chi connectivity index (χ4n) is 0. The smallest absolute Gasteiger partial charge is 1.00 e. The zero-order chi connectivity index (χ0) is 3.41. The summed E-state index contributed by atoms with van der Waals surface area (Å²) in [6.07, 6.45) is 0. The van der Waals surface area contributed by atoms with E-state index in [0.29, 0.717) is 6.61 Å². The molecule has 0 heterocycles. The Morgan fingerprint density at radius 2 is 1.83 bits per heavy atom. The van der Waals surface area contributed by atoms with Crippen LogP contribution in [0.2, 0.25) is 0 Å². The molecule has 0 atom stereocenters. The molecule has 6 heavy (non-hydrogen) atoms. The first kappa shape index (κ1) is 15.7. The molecule has 0 amide bonds. The number of methoxy groups -OCH3 is 1. The van der Waals surface area contributed by atoms with Crippen molar-refractivity contribution in [1.82, 2.24) is 0 Å². The zero-order valence-electron chi connectivity index (χ0n) is 3.91. The monoisotopic (exact) mass is 118 g/mol. The Labute approximate surface area is 61.0 Å². The van der Waals surface area contributed by atoms with Gasteiger partial charge in [0.25, 0.3) is 0 Å². The summed E-state index contributed by atoms with van der Waals surface area (Å²) in [7, 11) is 1.62. The van der Waals surface area contributed by atoms with Gasteiger partial charge in [-0.3, -0.25) is 0 Å². The molecule has 0 N–H and O–H groups in total. The number of rotatable bonds is 1. The molecule has 0 aromatic heterocycles. The molecular formula is C3H7ClMgO. The Hall–Kier alpha value is 1.02. The van der Waals surface area contributed by atoms with E-state index in [1.807, 2.05) is 0 Å². The quantitative estimate of drug-likeness (QED) is 0.265. The van der Waals surface area contributed by atoms with Crippen LogP contribution in [0.5, 0.6) is 0 Å². The van der Waals surface area contributed by atoms with Crippen molar-refractivity contribution in [3.63, 3.8) is 0 Å². The van der Waals surface area contributed by atoms with Crippen molar-refractivity contribution < 1.29 is 17.1 Å². The molecule has 0 rings (SSSR count). The molecule has 0 aliphatic heterocycles. The second-order valence-electron chi connectivity index (χ2n) is 0.493. The van der Waals surface area contributed by atoms with E-state index in [1.165, 1.54) is 0 Å². The number of halogens is 1. The van der Waals surface area contributed by atoms with Crippen LogP contribution in [0.25, 0.3) is 0 Å². The summed E-state index contributed by atoms with van der Waals surface area (Å²) in [6.45, 7) is 3.95. The third-order valence-electron chi connectivity index (χ3n) is 0.204. The Morgan fingerprint density at radius 3 is 1.83 bits per heavy atom. The molecule has 0 aliphatic carbocycles. The minimum atomic E-state index is 0. The van der Waals surface area contributed by atoms with Gasteiger partial charge in [-0.25, -0.2) is 0 Å². The summed E-state index contributed by atoms with van der Waals surface area (Å²) in [4.78, 5) is 0. The van der Waals surface area contributed by atoms with Crippen LogP contribution in [0.15, 0.2) is 0 Å². The second kappa shape index (κ2) is 16.6. The minimum Gasteiger partial charge on any atom is -1.00 e. The van der Waals surface area contributed by atoms with Gasteiger partial charge >= 0.3 is 23.1 Å². The summed E-state index contributed by atoms with van der Waals surface area (Å²) in [6, 6.07) is 0. The molecule has 0 saturated heterocycles. The normalized spacial score (nSPS) is 5.00. The first-order chi connectivity index (χ1) is 1.91. The van der Waals surface area contributed by atoms with Crippen molar-refractivity contribution in [1.29, 1.82) is 0 Å². The predicted molar refractivity (Wildman–Crippen MR) is 23.0 cm³/mol. The Bertz CT molecular complexity index is 12.8. The first-order valence-corrected chi connectivity index (χ1v) is 1.20. The number of ether oxygens (including phenoxy) is 1. The Balaban J connectivity index is -0.0000000450. The van der Waals surface area contributed by atoms with Gasteiger partial charge < -0.3 is 24.1 Å². The van der Waals surface area contributed by atoms with Gasteiger partial charge in [0.1, 0.15) is 0 Å². The van der Waals surface area contributed by atoms with Crippen LogP contribution >= 0.6 is 0 Å². The fraction of sp³-hybridized carbons (Fsp3) is 0.667. The minimum absolute atomic E-state index is 0. The summed E-state index contributed by atoms with van der Waals surface area (Å²) in [5, 5.41) is 0. The topological polar surface area (TPSA) is 9.23 Å². The molecule has 0 bridgehead atoms. The molecule has 0 saturated carbocycles. The molecule has 3 heteroatoms. The van der Waals surface area contributed by atoms with Gasteiger partial charge in [-0.2, -0.15) is 0 Å². The van der Waals surface area contributed by atoms with Crippen LogP contribution in [0, 0.1) is 6.92 Å². The number of hydrogen-bond donors (Lipinski definition) is 0. The molecule has 0 aliphatic rings. The van der Waals surface area contributed by atoms with Gasteiger partial charge in [-0.1, -0.05) is 6.61 Å². The van der Waals surface area contributed by atoms with E-state index in [9.17, 15) is 0 Å². The van der Waals surface area contributed by atoms with E-state index >= 15 is 0 Å². The van der Waals surface area contributed by atoms with Gasteiger partial charge in [0.15, 0.2) is 0 Å². The van der Waals surface area contributed by atoms with Gasteiger partial charge in [-0.15, -0.1) is 0 Å². The average Bonchev–Trinajstić information content (AvgIpc) is 1.37. The average molecular weight is 119 g/mol. The van der Waals surface area contributed by atoms with E-state index in [2.05, 4.69) is 11.7 Å². The maximum absolute atomic E-state index is 4.43. The van der Waals surface area contributed by atoms with E-state index in [0.717, 1.165) is 0 Å². The molecule has 0 radical (unpaired) electrons. The molecule has 0 fully saturated rings. The summed E-state index contributed by atoms with van der Waals surface area (Å²) < 4.78 is 4.43. The van der Waals surface area contributed by atoms with E-state index in [4.69, 9.17) is 0 Å². The molecular weight excluding hydrogens is 112 g/mol. The van der Waals surface area contributed by atoms with Gasteiger partial charge in [0.2, 0.25) is 0 Å². The van der Waals surface area contributed by atoms with Crippen molar-refractivity contribution >= 4 is 23.1 Å². The number of hydrogen-bond acceptors (Lipinski definition) is 1. The van der Waals surface area contributed by atoms with Crippen molar-refractivity contribution in [2.45, 2.75) is 0 Å². The Kier molecular flexibility index (Phi) is 43.7. The van der Waals surface area contributed by atoms with Crippen LogP contribution in [-0.4, -0.2) is 36.8 Å². The summed E-state index contributed by atoms with van der Waals surface area (Å²) in [5.74, 6) is 0. The molecule has 0 aromatic rings. The third-order valence-corrected chi connectivity index (χ3v) is 0.204. The van der Waals surface area contributed by atoms with E-state index in [1.54, 1.807) is 7.11 Å². The molecule has 1 nitrogen and oxygen atoms in total. The van der Waals surface area contributed by atoms with Gasteiger partial charge in [0, 0.05) is 7.11 Å². The first-order valence-electron chi connectivity index (χ1n) is 1.20. The van der Waals surface area contributed by atoms with Crippen LogP contribution in [0.1, 0.15) is 0 Å². The van der Waals surface area contributed by atoms with Gasteiger partial charge in [-0.05, 0) is 0 Å². The van der Waals surface area contributed by atoms with E-state index in [-0.39, 0.29) is 35.5 Å². The molecule has 0 aromatic carbocycles. The zero-order valence-corrected chi connectivity index (χ0v) is 6.08.